The van der Waals surface area contributed by atoms with Crippen LogP contribution in [0.1, 0.15) is 47.1 Å². The van der Waals surface area contributed by atoms with Crippen LogP contribution < -0.4 is 4.74 Å². The molecule has 0 spiro atoms. The smallest absolute Gasteiger partial charge is 0.339 e. The van der Waals surface area contributed by atoms with E-state index in [2.05, 4.69) is 5.10 Å². The van der Waals surface area contributed by atoms with Crippen molar-refractivity contribution in [2.24, 2.45) is 0 Å². The molecule has 0 fully saturated rings. The first kappa shape index (κ1) is 20.8. The highest BCUT2D eigenvalue weighted by atomic mass is 16.5. The van der Waals surface area contributed by atoms with E-state index in [4.69, 9.17) is 19.2 Å². The molecule has 2 heterocycles. The van der Waals surface area contributed by atoms with Crippen molar-refractivity contribution in [3.8, 4) is 16.9 Å². The monoisotopic (exact) mass is 397 g/mol. The van der Waals surface area contributed by atoms with Gasteiger partial charge in [-0.2, -0.15) is 5.10 Å². The SMILES string of the molecule is COCCOc1cc(C)c(-c2cc(C(=O)OC)cn3nc(C(C)C)nc23)c(C)c1. The number of nitrogens with zero attached hydrogens (tertiary/aromatic N) is 3. The molecule has 0 N–H and O–H groups in total. The van der Waals surface area contributed by atoms with Gasteiger partial charge in [0.2, 0.25) is 0 Å². The highest BCUT2D eigenvalue weighted by Crippen LogP contribution is 2.34. The Bertz CT molecular complexity index is 1020. The number of aryl methyl sites for hydroxylation is 2. The Balaban J connectivity index is 2.18. The molecular weight excluding hydrogens is 370 g/mol. The summed E-state index contributed by atoms with van der Waals surface area (Å²) in [6, 6.07) is 5.79. The molecule has 1 aromatic carbocycles. The third-order valence-electron chi connectivity index (χ3n) is 4.72. The van der Waals surface area contributed by atoms with Crippen molar-refractivity contribution in [2.75, 3.05) is 27.4 Å². The minimum Gasteiger partial charge on any atom is -0.491 e. The number of carbonyl (C=O) groups is 1. The average molecular weight is 397 g/mol. The highest BCUT2D eigenvalue weighted by Gasteiger charge is 2.19. The zero-order valence-corrected chi connectivity index (χ0v) is 17.8. The van der Waals surface area contributed by atoms with E-state index in [0.29, 0.717) is 24.4 Å². The predicted molar refractivity (Wildman–Crippen MR) is 111 cm³/mol. The molecule has 0 aliphatic heterocycles. The van der Waals surface area contributed by atoms with Crippen molar-refractivity contribution in [1.82, 2.24) is 14.6 Å². The number of esters is 1. The lowest BCUT2D eigenvalue weighted by molar-refractivity contribution is 0.0600. The van der Waals surface area contributed by atoms with E-state index in [0.717, 1.165) is 33.8 Å². The number of rotatable bonds is 7. The summed E-state index contributed by atoms with van der Waals surface area (Å²) in [5, 5.41) is 4.56. The molecule has 154 valence electrons. The van der Waals surface area contributed by atoms with E-state index < -0.39 is 5.97 Å². The maximum atomic E-state index is 12.2. The first-order valence-corrected chi connectivity index (χ1v) is 9.57. The fourth-order valence-electron chi connectivity index (χ4n) is 3.34. The summed E-state index contributed by atoms with van der Waals surface area (Å²) < 4.78 is 17.4. The van der Waals surface area contributed by atoms with Crippen LogP contribution in [0.2, 0.25) is 0 Å². The molecule has 0 amide bonds. The van der Waals surface area contributed by atoms with Crippen LogP contribution in [-0.4, -0.2) is 48.0 Å². The quantitative estimate of drug-likeness (QED) is 0.444. The van der Waals surface area contributed by atoms with Gasteiger partial charge in [-0.25, -0.2) is 14.3 Å². The minimum absolute atomic E-state index is 0.170. The van der Waals surface area contributed by atoms with Crippen molar-refractivity contribution in [3.05, 3.63) is 46.9 Å². The van der Waals surface area contributed by atoms with Gasteiger partial charge in [-0.1, -0.05) is 13.8 Å². The Labute approximate surface area is 170 Å². The van der Waals surface area contributed by atoms with Crippen molar-refractivity contribution in [1.29, 1.82) is 0 Å². The van der Waals surface area contributed by atoms with E-state index >= 15 is 0 Å². The summed E-state index contributed by atoms with van der Waals surface area (Å²) in [6.45, 7) is 9.13. The second kappa shape index (κ2) is 8.61. The zero-order chi connectivity index (χ0) is 21.1. The van der Waals surface area contributed by atoms with Gasteiger partial charge in [-0.3, -0.25) is 0 Å². The topological polar surface area (TPSA) is 75.0 Å². The fourth-order valence-corrected chi connectivity index (χ4v) is 3.34. The highest BCUT2D eigenvalue weighted by molar-refractivity contribution is 5.93. The zero-order valence-electron chi connectivity index (χ0n) is 17.8. The van der Waals surface area contributed by atoms with E-state index in [9.17, 15) is 4.79 Å². The maximum Gasteiger partial charge on any atom is 0.339 e. The molecule has 7 nitrogen and oxygen atoms in total. The van der Waals surface area contributed by atoms with E-state index in [-0.39, 0.29) is 5.92 Å². The van der Waals surface area contributed by atoms with Crippen LogP contribution in [0.4, 0.5) is 0 Å². The Morgan fingerprint density at radius 3 is 2.38 bits per heavy atom. The first-order chi connectivity index (χ1) is 13.8. The molecule has 3 aromatic rings. The number of hydrogen-bond donors (Lipinski definition) is 0. The minimum atomic E-state index is -0.412. The van der Waals surface area contributed by atoms with Crippen molar-refractivity contribution in [3.63, 3.8) is 0 Å². The molecule has 0 aliphatic rings. The van der Waals surface area contributed by atoms with Gasteiger partial charge in [0.1, 0.15) is 12.4 Å². The first-order valence-electron chi connectivity index (χ1n) is 9.57. The summed E-state index contributed by atoms with van der Waals surface area (Å²) in [4.78, 5) is 17.0. The number of ether oxygens (including phenoxy) is 3. The van der Waals surface area contributed by atoms with Gasteiger partial charge in [0.05, 0.1) is 19.3 Å². The molecule has 3 rings (SSSR count). The predicted octanol–water partition coefficient (Wildman–Crippen LogP) is 3.95. The van der Waals surface area contributed by atoms with Gasteiger partial charge in [-0.05, 0) is 48.7 Å². The lowest BCUT2D eigenvalue weighted by atomic mass is 9.95. The van der Waals surface area contributed by atoms with Gasteiger partial charge < -0.3 is 14.2 Å². The van der Waals surface area contributed by atoms with Crippen molar-refractivity contribution < 1.29 is 19.0 Å². The number of pyridine rings is 1. The second-order valence-electron chi connectivity index (χ2n) is 7.30. The van der Waals surface area contributed by atoms with Gasteiger partial charge in [0.15, 0.2) is 11.5 Å². The summed E-state index contributed by atoms with van der Waals surface area (Å²) in [5.74, 6) is 1.26. The number of methoxy groups -OCH3 is 2. The van der Waals surface area contributed by atoms with E-state index in [1.54, 1.807) is 17.8 Å². The Morgan fingerprint density at radius 1 is 1.10 bits per heavy atom. The van der Waals surface area contributed by atoms with Crippen molar-refractivity contribution >= 4 is 11.6 Å². The van der Waals surface area contributed by atoms with Crippen LogP contribution in [0.3, 0.4) is 0 Å². The number of benzene rings is 1. The number of hydrogen-bond acceptors (Lipinski definition) is 6. The molecule has 2 aromatic heterocycles. The average Bonchev–Trinajstić information content (AvgIpc) is 3.11. The van der Waals surface area contributed by atoms with Crippen LogP contribution in [0.25, 0.3) is 16.8 Å². The third kappa shape index (κ3) is 4.24. The molecule has 29 heavy (non-hydrogen) atoms. The van der Waals surface area contributed by atoms with Gasteiger partial charge in [0.25, 0.3) is 0 Å². The molecule has 0 saturated carbocycles. The van der Waals surface area contributed by atoms with Crippen LogP contribution in [0.5, 0.6) is 5.75 Å². The lowest BCUT2D eigenvalue weighted by Crippen LogP contribution is -2.06. The van der Waals surface area contributed by atoms with E-state index in [1.807, 2.05) is 45.9 Å². The van der Waals surface area contributed by atoms with Crippen LogP contribution in [0.15, 0.2) is 24.4 Å². The van der Waals surface area contributed by atoms with Crippen molar-refractivity contribution in [2.45, 2.75) is 33.6 Å². The molecule has 0 bridgehead atoms. The molecule has 0 aliphatic carbocycles. The standard InChI is InChI=1S/C22H27N3O4/c1-13(2)20-23-21-18(11-16(22(26)28-6)12-25(21)24-20)19-14(3)9-17(10-15(19)4)29-8-7-27-5/h9-13H,7-8H2,1-6H3. The second-order valence-corrected chi connectivity index (χ2v) is 7.30. The molecule has 7 heteroatoms. The van der Waals surface area contributed by atoms with Gasteiger partial charge in [0, 0.05) is 24.8 Å². The molecule has 0 saturated heterocycles. The van der Waals surface area contributed by atoms with Crippen LogP contribution in [-0.2, 0) is 9.47 Å². The molecular formula is C22H27N3O4. The summed E-state index contributed by atoms with van der Waals surface area (Å²) in [7, 11) is 3.02. The number of aromatic nitrogens is 3. The Morgan fingerprint density at radius 2 is 1.79 bits per heavy atom. The number of carbonyl (C=O) groups excluding carboxylic acids is 1. The number of fused-ring (bicyclic) bond motifs is 1. The molecule has 0 unspecified atom stereocenters. The normalized spacial score (nSPS) is 11.3. The lowest BCUT2D eigenvalue weighted by Gasteiger charge is -2.15. The summed E-state index contributed by atoms with van der Waals surface area (Å²) in [6.07, 6.45) is 1.66. The Kier molecular flexibility index (Phi) is 6.17. The van der Waals surface area contributed by atoms with Crippen LogP contribution in [0, 0.1) is 13.8 Å². The largest absolute Gasteiger partial charge is 0.491 e. The Hall–Kier alpha value is -2.93. The third-order valence-corrected chi connectivity index (χ3v) is 4.72. The summed E-state index contributed by atoms with van der Waals surface area (Å²) >= 11 is 0. The molecule has 0 atom stereocenters. The van der Waals surface area contributed by atoms with Gasteiger partial charge >= 0.3 is 5.97 Å². The van der Waals surface area contributed by atoms with E-state index in [1.165, 1.54) is 7.11 Å². The van der Waals surface area contributed by atoms with Gasteiger partial charge in [-0.15, -0.1) is 0 Å². The fraction of sp³-hybridized carbons (Fsp3) is 0.409. The molecule has 0 radical (unpaired) electrons. The van der Waals surface area contributed by atoms with Crippen LogP contribution >= 0.6 is 0 Å². The maximum absolute atomic E-state index is 12.2. The summed E-state index contributed by atoms with van der Waals surface area (Å²) in [5.41, 5.74) is 5.02.